The molecule has 2 heterocycles. The highest BCUT2D eigenvalue weighted by molar-refractivity contribution is 6.50. The second-order valence-electron chi connectivity index (χ2n) is 7.62. The molecule has 0 radical (unpaired) electrons. The molecule has 0 amide bonds. The summed E-state index contributed by atoms with van der Waals surface area (Å²) in [5, 5.41) is 2.28. The largest absolute Gasteiger partial charge is 0.673 e. The quantitative estimate of drug-likeness (QED) is 0.368. The molecule has 32 heavy (non-hydrogen) atoms. The minimum atomic E-state index is -6.00. The van der Waals surface area contributed by atoms with Gasteiger partial charge >= 0.3 is 7.25 Å². The van der Waals surface area contributed by atoms with Crippen LogP contribution >= 0.6 is 0 Å². The van der Waals surface area contributed by atoms with Crippen LogP contribution in [0, 0.1) is 6.92 Å². The van der Waals surface area contributed by atoms with Gasteiger partial charge in [-0.05, 0) is 19.1 Å². The van der Waals surface area contributed by atoms with Gasteiger partial charge in [-0.1, -0.05) is 42.0 Å². The van der Waals surface area contributed by atoms with Crippen LogP contribution < -0.4 is 10.3 Å². The molecule has 1 fully saturated rings. The van der Waals surface area contributed by atoms with E-state index in [4.69, 9.17) is 9.15 Å². The number of rotatable bonds is 5. The Balaban J connectivity index is 0.000000523. The van der Waals surface area contributed by atoms with E-state index in [9.17, 15) is 17.3 Å². The van der Waals surface area contributed by atoms with Crippen LogP contribution in [0.4, 0.5) is 17.3 Å². The molecule has 0 bridgehead atoms. The molecule has 4 rings (SSSR count). The zero-order valence-electron chi connectivity index (χ0n) is 18.0. The van der Waals surface area contributed by atoms with Crippen molar-refractivity contribution in [2.24, 2.45) is 0 Å². The molecule has 1 saturated heterocycles. The first kappa shape index (κ1) is 24.0. The highest BCUT2D eigenvalue weighted by Gasteiger charge is 2.20. The van der Waals surface area contributed by atoms with Gasteiger partial charge in [0.05, 0.1) is 24.7 Å². The number of ether oxygens (including phenoxy) is 1. The van der Waals surface area contributed by atoms with E-state index in [2.05, 4.69) is 53.2 Å². The smallest absolute Gasteiger partial charge is 0.456 e. The van der Waals surface area contributed by atoms with Gasteiger partial charge in [-0.15, -0.1) is 0 Å². The summed E-state index contributed by atoms with van der Waals surface area (Å²) in [4.78, 5) is 6.12. The molecule has 1 aromatic heterocycles. The van der Waals surface area contributed by atoms with Crippen LogP contribution in [0.25, 0.3) is 22.3 Å². The highest BCUT2D eigenvalue weighted by atomic mass is 19.5. The van der Waals surface area contributed by atoms with Crippen LogP contribution in [0.15, 0.2) is 59.0 Å². The Bertz CT molecular complexity index is 1060. The number of halogens is 4. The van der Waals surface area contributed by atoms with Gasteiger partial charge in [0.1, 0.15) is 17.9 Å². The van der Waals surface area contributed by atoms with Crippen molar-refractivity contribution in [3.05, 3.63) is 65.5 Å². The van der Waals surface area contributed by atoms with E-state index in [0.717, 1.165) is 73.5 Å². The van der Waals surface area contributed by atoms with Crippen molar-refractivity contribution in [1.29, 1.82) is 0 Å². The van der Waals surface area contributed by atoms with E-state index in [1.807, 2.05) is 18.2 Å². The minimum Gasteiger partial charge on any atom is -0.456 e. The number of morpholine rings is 1. The molecule has 172 valence electrons. The first-order valence-electron chi connectivity index (χ1n) is 10.6. The lowest BCUT2D eigenvalue weighted by atomic mass is 10.1. The third kappa shape index (κ3) is 7.80. The van der Waals surface area contributed by atoms with Crippen molar-refractivity contribution in [3.8, 4) is 11.3 Å². The van der Waals surface area contributed by atoms with Crippen molar-refractivity contribution in [2.75, 3.05) is 39.4 Å². The predicted molar refractivity (Wildman–Crippen MR) is 117 cm³/mol. The molecule has 0 unspecified atom stereocenters. The minimum absolute atomic E-state index is 0.859. The topological polar surface area (TPSA) is 39.6 Å². The monoisotopic (exact) mass is 450 g/mol. The van der Waals surface area contributed by atoms with Gasteiger partial charge in [0.25, 0.3) is 0 Å². The second kappa shape index (κ2) is 11.3. The average Bonchev–Trinajstić information content (AvgIpc) is 2.77. The number of aryl methyl sites for hydroxylation is 1. The number of hydrogen-bond acceptors (Lipinski definition) is 3. The van der Waals surface area contributed by atoms with Crippen LogP contribution in [0.5, 0.6) is 0 Å². The van der Waals surface area contributed by atoms with Gasteiger partial charge in [-0.3, -0.25) is 4.90 Å². The maximum Gasteiger partial charge on any atom is 0.673 e. The summed E-state index contributed by atoms with van der Waals surface area (Å²) in [6.07, 6.45) is 1.11. The zero-order valence-corrected chi connectivity index (χ0v) is 18.0. The number of nitrogens with one attached hydrogen (secondary N) is 1. The van der Waals surface area contributed by atoms with E-state index in [1.54, 1.807) is 0 Å². The second-order valence-corrected chi connectivity index (χ2v) is 7.62. The van der Waals surface area contributed by atoms with Crippen molar-refractivity contribution < 1.29 is 31.4 Å². The number of benzene rings is 2. The Labute approximate surface area is 184 Å². The fourth-order valence-electron chi connectivity index (χ4n) is 3.54. The van der Waals surface area contributed by atoms with E-state index in [-0.39, 0.29) is 0 Å². The van der Waals surface area contributed by atoms with Gasteiger partial charge in [0.2, 0.25) is 5.36 Å². The summed E-state index contributed by atoms with van der Waals surface area (Å²) in [6, 6.07) is 18.8. The lowest BCUT2D eigenvalue weighted by Crippen LogP contribution is -2.77. The standard InChI is InChI=1S/C23H26N2O2.BF4/c1-18-8-9-22-20(16-18)21(17-23(27-22)19-6-3-2-4-7-19)24-10-5-11-25-12-14-26-15-13-25;2-1(3,4)5/h2-4,6-9,16-17H,5,10-15H2,1H3;/q;-1/p+1. The molecule has 1 N–H and O–H groups in total. The van der Waals surface area contributed by atoms with Crippen LogP contribution in [0.2, 0.25) is 0 Å². The summed E-state index contributed by atoms with van der Waals surface area (Å²) >= 11 is 0. The van der Waals surface area contributed by atoms with Crippen LogP contribution in [0.1, 0.15) is 12.0 Å². The molecule has 3 aromatic rings. The van der Waals surface area contributed by atoms with Crippen molar-refractivity contribution in [3.63, 3.8) is 0 Å². The van der Waals surface area contributed by atoms with E-state index in [0.29, 0.717) is 0 Å². The Kier molecular flexibility index (Phi) is 8.47. The third-order valence-corrected chi connectivity index (χ3v) is 5.05. The summed E-state index contributed by atoms with van der Waals surface area (Å²) in [5.41, 5.74) is 3.25. The zero-order chi connectivity index (χ0) is 23.0. The molecule has 0 aliphatic carbocycles. The molecule has 1 aliphatic rings. The van der Waals surface area contributed by atoms with E-state index < -0.39 is 7.25 Å². The van der Waals surface area contributed by atoms with Gasteiger partial charge in [0.15, 0.2) is 0 Å². The molecule has 1 aliphatic heterocycles. The first-order valence-corrected chi connectivity index (χ1v) is 10.6. The van der Waals surface area contributed by atoms with Gasteiger partial charge in [0, 0.05) is 31.6 Å². The number of nitrogens with zero attached hydrogens (tertiary/aromatic N) is 1. The number of hydrogen-bond donors (Lipinski definition) is 1. The Morgan fingerprint density at radius 3 is 2.34 bits per heavy atom. The Morgan fingerprint density at radius 1 is 0.969 bits per heavy atom. The summed E-state index contributed by atoms with van der Waals surface area (Å²) in [5.74, 6) is 0.891. The predicted octanol–water partition coefficient (Wildman–Crippen LogP) is 3.41. The molecule has 2 aromatic carbocycles. The molecular formula is C23H27BF4N2O2. The van der Waals surface area contributed by atoms with E-state index in [1.165, 1.54) is 5.56 Å². The summed E-state index contributed by atoms with van der Waals surface area (Å²) in [7, 11) is -6.00. The summed E-state index contributed by atoms with van der Waals surface area (Å²) in [6.45, 7) is 7.98. The number of fused-ring (bicyclic) bond motifs is 1. The average molecular weight is 450 g/mol. The Hall–Kier alpha value is -2.65. The highest BCUT2D eigenvalue weighted by Crippen LogP contribution is 2.22. The van der Waals surface area contributed by atoms with E-state index >= 15 is 0 Å². The fraction of sp³-hybridized carbons (Fsp3) is 0.348. The molecule has 4 nitrogen and oxygen atoms in total. The van der Waals surface area contributed by atoms with Crippen molar-refractivity contribution in [2.45, 2.75) is 13.3 Å². The molecule has 0 saturated carbocycles. The SMILES string of the molecule is Cc1ccc2oc(-c3ccccc3)cc(=[NH+]CCCN3CCOCC3)c2c1.F[B-](F)(F)F. The van der Waals surface area contributed by atoms with Crippen LogP contribution in [-0.4, -0.2) is 51.5 Å². The van der Waals surface area contributed by atoms with Gasteiger partial charge < -0.3 is 26.4 Å². The van der Waals surface area contributed by atoms with Gasteiger partial charge in [-0.25, -0.2) is 4.99 Å². The summed E-state index contributed by atoms with van der Waals surface area (Å²) < 4.78 is 50.6. The maximum absolute atomic E-state index is 9.75. The third-order valence-electron chi connectivity index (χ3n) is 5.05. The molecule has 0 spiro atoms. The van der Waals surface area contributed by atoms with Crippen molar-refractivity contribution >= 4 is 18.2 Å². The lowest BCUT2D eigenvalue weighted by Gasteiger charge is -2.25. The first-order chi connectivity index (χ1) is 15.3. The van der Waals surface area contributed by atoms with Crippen molar-refractivity contribution in [1.82, 2.24) is 4.90 Å². The lowest BCUT2D eigenvalue weighted by molar-refractivity contribution is -0.499. The molecule has 9 heteroatoms. The fourth-order valence-corrected chi connectivity index (χ4v) is 3.54. The molecule has 0 atom stereocenters. The van der Waals surface area contributed by atoms with Crippen LogP contribution in [-0.2, 0) is 4.74 Å². The Morgan fingerprint density at radius 2 is 1.66 bits per heavy atom. The maximum atomic E-state index is 9.75. The normalized spacial score (nSPS) is 15.5. The van der Waals surface area contributed by atoms with Crippen LogP contribution in [0.3, 0.4) is 0 Å². The van der Waals surface area contributed by atoms with Gasteiger partial charge in [-0.2, -0.15) is 0 Å². The molecular weight excluding hydrogens is 423 g/mol.